The maximum absolute atomic E-state index is 11.9. The van der Waals surface area contributed by atoms with Crippen molar-refractivity contribution in [2.45, 2.75) is 0 Å². The summed E-state index contributed by atoms with van der Waals surface area (Å²) in [4.78, 5) is 23.9. The average molecular weight is 398 g/mol. The van der Waals surface area contributed by atoms with Crippen molar-refractivity contribution in [3.63, 3.8) is 0 Å². The summed E-state index contributed by atoms with van der Waals surface area (Å²) < 4.78 is 10.5. The van der Waals surface area contributed by atoms with Crippen LogP contribution in [0.3, 0.4) is 0 Å². The van der Waals surface area contributed by atoms with Crippen molar-refractivity contribution in [2.75, 3.05) is 13.2 Å². The van der Waals surface area contributed by atoms with E-state index in [2.05, 4.69) is 0 Å². The van der Waals surface area contributed by atoms with Crippen LogP contribution in [0, 0.1) is 0 Å². The molecule has 3 rings (SSSR count). The molecule has 30 heavy (non-hydrogen) atoms. The van der Waals surface area contributed by atoms with Crippen LogP contribution in [0.2, 0.25) is 0 Å². The lowest BCUT2D eigenvalue weighted by molar-refractivity contribution is 0.0541. The fourth-order valence-corrected chi connectivity index (χ4v) is 2.73. The number of rotatable bonds is 8. The van der Waals surface area contributed by atoms with Gasteiger partial charge < -0.3 is 9.47 Å². The summed E-state index contributed by atoms with van der Waals surface area (Å²) in [5.41, 5.74) is 3.00. The van der Waals surface area contributed by atoms with Gasteiger partial charge in [0.2, 0.25) is 0 Å². The van der Waals surface area contributed by atoms with Crippen LogP contribution in [0.5, 0.6) is 0 Å². The third-order valence-corrected chi connectivity index (χ3v) is 4.23. The minimum Gasteiger partial charge on any atom is -0.458 e. The molecule has 0 saturated heterocycles. The van der Waals surface area contributed by atoms with Gasteiger partial charge in [-0.3, -0.25) is 0 Å². The Morgan fingerprint density at radius 3 is 1.33 bits per heavy atom. The second kappa shape index (κ2) is 11.2. The maximum Gasteiger partial charge on any atom is 0.338 e. The molecule has 4 heteroatoms. The third-order valence-electron chi connectivity index (χ3n) is 4.23. The molecule has 0 amide bonds. The normalized spacial score (nSPS) is 10.9. The molecule has 0 heterocycles. The standard InChI is InChI=1S/C26H22O4/c27-25(23-13-3-1-4-14-23)29-19-9-17-21-11-7-8-12-22(21)18-10-20-30-26(28)24-15-5-2-6-16-24/h1-18H,19-20H2/b17-9+,18-10+. The van der Waals surface area contributed by atoms with Gasteiger partial charge in [-0.05, 0) is 47.5 Å². The van der Waals surface area contributed by atoms with E-state index >= 15 is 0 Å². The molecule has 0 atom stereocenters. The minimum atomic E-state index is -0.353. The third kappa shape index (κ3) is 6.31. The van der Waals surface area contributed by atoms with E-state index < -0.39 is 0 Å². The largest absolute Gasteiger partial charge is 0.458 e. The van der Waals surface area contributed by atoms with E-state index in [-0.39, 0.29) is 25.2 Å². The SMILES string of the molecule is O=C(OC/C=C/c1ccccc1/C=C/COC(=O)c1ccccc1)c1ccccc1. The predicted molar refractivity (Wildman–Crippen MR) is 118 cm³/mol. The number of hydrogen-bond donors (Lipinski definition) is 0. The van der Waals surface area contributed by atoms with Crippen molar-refractivity contribution in [3.05, 3.63) is 119 Å². The van der Waals surface area contributed by atoms with Gasteiger partial charge in [0.25, 0.3) is 0 Å². The Morgan fingerprint density at radius 1 is 0.567 bits per heavy atom. The van der Waals surface area contributed by atoms with Gasteiger partial charge in [0, 0.05) is 0 Å². The van der Waals surface area contributed by atoms with Crippen LogP contribution in [-0.2, 0) is 9.47 Å². The van der Waals surface area contributed by atoms with Crippen LogP contribution in [0.4, 0.5) is 0 Å². The fourth-order valence-electron chi connectivity index (χ4n) is 2.73. The molecule has 0 unspecified atom stereocenters. The fraction of sp³-hybridized carbons (Fsp3) is 0.0769. The topological polar surface area (TPSA) is 52.6 Å². The highest BCUT2D eigenvalue weighted by Crippen LogP contribution is 2.13. The quantitative estimate of drug-likeness (QED) is 0.475. The van der Waals surface area contributed by atoms with Crippen molar-refractivity contribution in [3.8, 4) is 0 Å². The first-order chi connectivity index (χ1) is 14.7. The lowest BCUT2D eigenvalue weighted by Crippen LogP contribution is -2.04. The molecule has 150 valence electrons. The molecule has 0 aromatic heterocycles. The molecule has 0 radical (unpaired) electrons. The van der Waals surface area contributed by atoms with E-state index in [0.717, 1.165) is 11.1 Å². The van der Waals surface area contributed by atoms with E-state index in [4.69, 9.17) is 9.47 Å². The second-order valence-corrected chi connectivity index (χ2v) is 6.36. The number of carbonyl (C=O) groups excluding carboxylic acids is 2. The van der Waals surface area contributed by atoms with Crippen LogP contribution in [0.1, 0.15) is 31.8 Å². The summed E-state index contributed by atoms with van der Waals surface area (Å²) in [7, 11) is 0. The Balaban J connectivity index is 1.51. The van der Waals surface area contributed by atoms with Crippen molar-refractivity contribution in [1.29, 1.82) is 0 Å². The Hall–Kier alpha value is -3.92. The summed E-state index contributed by atoms with van der Waals surface area (Å²) >= 11 is 0. The molecule has 0 aliphatic rings. The van der Waals surface area contributed by atoms with E-state index in [1.165, 1.54) is 0 Å². The molecule has 0 fully saturated rings. The summed E-state index contributed by atoms with van der Waals surface area (Å²) in [6.07, 6.45) is 7.38. The van der Waals surface area contributed by atoms with Crippen LogP contribution in [-0.4, -0.2) is 25.2 Å². The van der Waals surface area contributed by atoms with Crippen LogP contribution in [0.25, 0.3) is 12.2 Å². The molecule has 3 aromatic carbocycles. The van der Waals surface area contributed by atoms with Gasteiger partial charge in [-0.25, -0.2) is 9.59 Å². The van der Waals surface area contributed by atoms with Gasteiger partial charge in [-0.1, -0.05) is 72.8 Å². The minimum absolute atomic E-state index is 0.181. The van der Waals surface area contributed by atoms with Crippen LogP contribution < -0.4 is 0 Å². The summed E-state index contributed by atoms with van der Waals surface area (Å²) in [5, 5.41) is 0. The first-order valence-electron chi connectivity index (χ1n) is 9.60. The Morgan fingerprint density at radius 2 is 0.933 bits per heavy atom. The lowest BCUT2D eigenvalue weighted by atomic mass is 10.1. The van der Waals surface area contributed by atoms with Crippen molar-refractivity contribution >= 4 is 24.1 Å². The number of esters is 2. The van der Waals surface area contributed by atoms with E-state index in [1.54, 1.807) is 60.7 Å². The molecule has 0 N–H and O–H groups in total. The average Bonchev–Trinajstić information content (AvgIpc) is 2.81. The van der Waals surface area contributed by atoms with Gasteiger partial charge in [0.05, 0.1) is 11.1 Å². The zero-order chi connectivity index (χ0) is 21.0. The van der Waals surface area contributed by atoms with Crippen molar-refractivity contribution < 1.29 is 19.1 Å². The molecule has 0 aliphatic carbocycles. The molecular formula is C26H22O4. The first-order valence-corrected chi connectivity index (χ1v) is 9.60. The van der Waals surface area contributed by atoms with Gasteiger partial charge in [0.1, 0.15) is 13.2 Å². The summed E-state index contributed by atoms with van der Waals surface area (Å²) in [5.74, 6) is -0.706. The highest BCUT2D eigenvalue weighted by molar-refractivity contribution is 5.89. The van der Waals surface area contributed by atoms with Gasteiger partial charge in [0.15, 0.2) is 0 Å². The molecule has 0 bridgehead atoms. The maximum atomic E-state index is 11.9. The van der Waals surface area contributed by atoms with Crippen molar-refractivity contribution in [2.24, 2.45) is 0 Å². The second-order valence-electron chi connectivity index (χ2n) is 6.36. The van der Waals surface area contributed by atoms with E-state index in [1.807, 2.05) is 48.6 Å². The molecule has 3 aromatic rings. The van der Waals surface area contributed by atoms with E-state index in [9.17, 15) is 9.59 Å². The van der Waals surface area contributed by atoms with E-state index in [0.29, 0.717) is 11.1 Å². The van der Waals surface area contributed by atoms with Crippen molar-refractivity contribution in [1.82, 2.24) is 0 Å². The number of ether oxygens (including phenoxy) is 2. The molecule has 0 spiro atoms. The van der Waals surface area contributed by atoms with Crippen LogP contribution in [0.15, 0.2) is 97.1 Å². The lowest BCUT2D eigenvalue weighted by Gasteiger charge is -2.03. The van der Waals surface area contributed by atoms with Crippen LogP contribution >= 0.6 is 0 Å². The highest BCUT2D eigenvalue weighted by atomic mass is 16.5. The molecule has 0 saturated carbocycles. The number of hydrogen-bond acceptors (Lipinski definition) is 4. The van der Waals surface area contributed by atoms with Gasteiger partial charge in [-0.15, -0.1) is 0 Å². The smallest absolute Gasteiger partial charge is 0.338 e. The summed E-state index contributed by atoms with van der Waals surface area (Å²) in [6.45, 7) is 0.362. The summed E-state index contributed by atoms with van der Waals surface area (Å²) in [6, 6.07) is 25.6. The Bertz CT molecular complexity index is 937. The first kappa shape index (κ1) is 20.8. The molecular weight excluding hydrogens is 376 g/mol. The Labute approximate surface area is 176 Å². The number of benzene rings is 3. The zero-order valence-electron chi connectivity index (χ0n) is 16.4. The molecule has 4 nitrogen and oxygen atoms in total. The van der Waals surface area contributed by atoms with Gasteiger partial charge in [-0.2, -0.15) is 0 Å². The van der Waals surface area contributed by atoms with Gasteiger partial charge >= 0.3 is 11.9 Å². The number of carbonyl (C=O) groups is 2. The monoisotopic (exact) mass is 398 g/mol. The zero-order valence-corrected chi connectivity index (χ0v) is 16.4. The molecule has 0 aliphatic heterocycles. The Kier molecular flexibility index (Phi) is 7.75. The highest BCUT2D eigenvalue weighted by Gasteiger charge is 2.05. The predicted octanol–water partition coefficient (Wildman–Crippen LogP) is 5.43.